The first-order valence-electron chi connectivity index (χ1n) is 15.4. The Kier molecular flexibility index (Phi) is 19.9. The van der Waals surface area contributed by atoms with E-state index in [1.165, 1.54) is 44.9 Å². The van der Waals surface area contributed by atoms with Crippen LogP contribution >= 0.6 is 0 Å². The van der Waals surface area contributed by atoms with E-state index in [0.29, 0.717) is 0 Å². The van der Waals surface area contributed by atoms with Crippen molar-refractivity contribution in [2.45, 2.75) is 146 Å². The van der Waals surface area contributed by atoms with E-state index < -0.39 is 0 Å². The third-order valence-corrected chi connectivity index (χ3v) is 7.95. The quantitative estimate of drug-likeness (QED) is 0.123. The van der Waals surface area contributed by atoms with Gasteiger partial charge >= 0.3 is 0 Å². The van der Waals surface area contributed by atoms with Crippen molar-refractivity contribution in [2.24, 2.45) is 0 Å². The van der Waals surface area contributed by atoms with Crippen molar-refractivity contribution in [1.29, 1.82) is 0 Å². The lowest BCUT2D eigenvalue weighted by molar-refractivity contribution is -0.211. The van der Waals surface area contributed by atoms with Crippen LogP contribution in [-0.2, 0) is 37.9 Å². The summed E-state index contributed by atoms with van der Waals surface area (Å²) in [6.07, 6.45) is 15.8. The second-order valence-electron chi connectivity index (χ2n) is 11.0. The van der Waals surface area contributed by atoms with Crippen LogP contribution in [0.1, 0.15) is 103 Å². The lowest BCUT2D eigenvalue weighted by Crippen LogP contribution is -2.46. The summed E-state index contributed by atoms with van der Waals surface area (Å²) < 4.78 is 46.6. The van der Waals surface area contributed by atoms with E-state index in [-0.39, 0.29) is 69.7 Å². The van der Waals surface area contributed by atoms with Crippen molar-refractivity contribution >= 4 is 0 Å². The summed E-state index contributed by atoms with van der Waals surface area (Å²) in [7, 11) is 4.93. The first kappa shape index (κ1) is 34.8. The highest BCUT2D eigenvalue weighted by atomic mass is 16.7. The third-order valence-electron chi connectivity index (χ3n) is 7.95. The van der Waals surface area contributed by atoms with Gasteiger partial charge in [-0.05, 0) is 44.9 Å². The molecule has 9 heteroatoms. The summed E-state index contributed by atoms with van der Waals surface area (Å²) >= 11 is 0. The molecule has 232 valence electrons. The number of aliphatic hydroxyl groups excluding tert-OH is 1. The van der Waals surface area contributed by atoms with Gasteiger partial charge in [-0.2, -0.15) is 0 Å². The van der Waals surface area contributed by atoms with Gasteiger partial charge in [0.25, 0.3) is 0 Å². The largest absolute Gasteiger partial charge is 0.394 e. The number of rotatable bonds is 24. The predicted molar refractivity (Wildman–Crippen MR) is 150 cm³/mol. The summed E-state index contributed by atoms with van der Waals surface area (Å²) in [5, 5.41) is 9.50. The number of unbranched alkanes of at least 4 members (excludes halogenated alkanes) is 7. The Morgan fingerprint density at radius 3 is 1.82 bits per heavy atom. The van der Waals surface area contributed by atoms with Gasteiger partial charge in [-0.3, -0.25) is 0 Å². The van der Waals surface area contributed by atoms with Crippen LogP contribution in [0, 0.1) is 0 Å². The van der Waals surface area contributed by atoms with Gasteiger partial charge < -0.3 is 43.0 Å². The fraction of sp³-hybridized carbons (Fsp3) is 1.00. The van der Waals surface area contributed by atoms with Gasteiger partial charge in [0.15, 0.2) is 0 Å². The van der Waals surface area contributed by atoms with Crippen LogP contribution in [-0.4, -0.2) is 96.1 Å². The van der Waals surface area contributed by atoms with Crippen molar-refractivity contribution in [3.05, 3.63) is 0 Å². The minimum atomic E-state index is -0.135. The molecule has 0 unspecified atom stereocenters. The Morgan fingerprint density at radius 2 is 1.26 bits per heavy atom. The number of methoxy groups -OCH3 is 3. The summed E-state index contributed by atoms with van der Waals surface area (Å²) in [5.74, 6) is 0. The zero-order valence-electron chi connectivity index (χ0n) is 25.2. The van der Waals surface area contributed by atoms with E-state index in [9.17, 15) is 5.11 Å². The summed E-state index contributed by atoms with van der Waals surface area (Å²) in [6.45, 7) is 3.00. The smallest absolute Gasteiger partial charge is 0.146 e. The maximum atomic E-state index is 9.50. The fourth-order valence-corrected chi connectivity index (χ4v) is 5.78. The standard InChI is InChI=1S/C30H58O9/c1-5-6-7-8-9-10-11-12-13-28-25(35-21-32-2)18-19-30(39-28)27(37-23-34-4)17-16-26(36-22-33-3)29-15-14-24(20-31)38-29/h24-31H,5-23H2,1-4H3/t24-,25+,26-,27-,28-,29-,30-/m0/s1. The highest BCUT2D eigenvalue weighted by molar-refractivity contribution is 4.86. The van der Waals surface area contributed by atoms with Gasteiger partial charge in [0.05, 0.1) is 49.3 Å². The maximum absolute atomic E-state index is 9.50. The van der Waals surface area contributed by atoms with Gasteiger partial charge in [-0.15, -0.1) is 0 Å². The molecule has 0 amide bonds. The molecular formula is C30H58O9. The number of hydrogen-bond acceptors (Lipinski definition) is 9. The van der Waals surface area contributed by atoms with Crippen LogP contribution in [0.3, 0.4) is 0 Å². The van der Waals surface area contributed by atoms with Gasteiger partial charge in [-0.25, -0.2) is 0 Å². The van der Waals surface area contributed by atoms with Gasteiger partial charge in [0.2, 0.25) is 0 Å². The van der Waals surface area contributed by atoms with E-state index in [4.69, 9.17) is 37.9 Å². The molecule has 2 aliphatic rings. The molecule has 7 atom stereocenters. The van der Waals surface area contributed by atoms with Crippen LogP contribution < -0.4 is 0 Å². The molecule has 0 spiro atoms. The fourth-order valence-electron chi connectivity index (χ4n) is 5.78. The van der Waals surface area contributed by atoms with E-state index in [0.717, 1.165) is 51.4 Å². The Bertz CT molecular complexity index is 567. The molecular weight excluding hydrogens is 504 g/mol. The minimum Gasteiger partial charge on any atom is -0.394 e. The molecule has 0 aromatic rings. The molecule has 2 aliphatic heterocycles. The molecule has 1 N–H and O–H groups in total. The van der Waals surface area contributed by atoms with Crippen molar-refractivity contribution in [2.75, 3.05) is 48.3 Å². The minimum absolute atomic E-state index is 0.0247. The molecule has 0 radical (unpaired) electrons. The second-order valence-corrected chi connectivity index (χ2v) is 11.0. The van der Waals surface area contributed by atoms with Crippen molar-refractivity contribution < 1.29 is 43.0 Å². The molecule has 0 bridgehead atoms. The van der Waals surface area contributed by atoms with E-state index >= 15 is 0 Å². The Balaban J connectivity index is 1.93. The van der Waals surface area contributed by atoms with Crippen LogP contribution in [0.4, 0.5) is 0 Å². The van der Waals surface area contributed by atoms with Crippen molar-refractivity contribution in [3.63, 3.8) is 0 Å². The first-order chi connectivity index (χ1) is 19.2. The molecule has 39 heavy (non-hydrogen) atoms. The average molecular weight is 563 g/mol. The number of aliphatic hydroxyl groups is 1. The van der Waals surface area contributed by atoms with Crippen LogP contribution in [0.5, 0.6) is 0 Å². The normalized spacial score (nSPS) is 27.2. The highest BCUT2D eigenvalue weighted by Crippen LogP contribution is 2.32. The summed E-state index contributed by atoms with van der Waals surface area (Å²) in [4.78, 5) is 0. The molecule has 2 rings (SSSR count). The first-order valence-corrected chi connectivity index (χ1v) is 15.4. The molecule has 2 fully saturated rings. The van der Waals surface area contributed by atoms with Gasteiger partial charge in [-0.1, -0.05) is 58.3 Å². The Morgan fingerprint density at radius 1 is 0.692 bits per heavy atom. The van der Waals surface area contributed by atoms with E-state index in [1.807, 2.05) is 0 Å². The molecule has 2 heterocycles. The summed E-state index contributed by atoms with van der Waals surface area (Å²) in [6, 6.07) is 0. The monoisotopic (exact) mass is 562 g/mol. The van der Waals surface area contributed by atoms with E-state index in [2.05, 4.69) is 6.92 Å². The van der Waals surface area contributed by atoms with E-state index in [1.54, 1.807) is 21.3 Å². The van der Waals surface area contributed by atoms with Crippen LogP contribution in [0.15, 0.2) is 0 Å². The molecule has 9 nitrogen and oxygen atoms in total. The molecule has 0 saturated carbocycles. The Hall–Kier alpha value is -0.360. The maximum Gasteiger partial charge on any atom is 0.146 e. The summed E-state index contributed by atoms with van der Waals surface area (Å²) in [5.41, 5.74) is 0. The molecule has 0 aliphatic carbocycles. The zero-order valence-corrected chi connectivity index (χ0v) is 25.2. The van der Waals surface area contributed by atoms with Gasteiger partial charge in [0, 0.05) is 21.3 Å². The van der Waals surface area contributed by atoms with Crippen LogP contribution in [0.25, 0.3) is 0 Å². The lowest BCUT2D eigenvalue weighted by Gasteiger charge is -2.40. The lowest BCUT2D eigenvalue weighted by atomic mass is 9.92. The topological polar surface area (TPSA) is 94.1 Å². The van der Waals surface area contributed by atoms with Crippen LogP contribution in [0.2, 0.25) is 0 Å². The SMILES string of the molecule is CCCCCCCCCC[C@@H]1O[C@H]([C@H](CC[C@H](OCOC)[C@@H]2CC[C@@H](CO)O2)OCOC)CC[C@H]1OCOC. The average Bonchev–Trinajstić information content (AvgIpc) is 3.44. The third kappa shape index (κ3) is 13.9. The van der Waals surface area contributed by atoms with Crippen molar-refractivity contribution in [3.8, 4) is 0 Å². The predicted octanol–water partition coefficient (Wildman–Crippen LogP) is 5.35. The molecule has 2 saturated heterocycles. The zero-order chi connectivity index (χ0) is 28.1. The highest BCUT2D eigenvalue weighted by Gasteiger charge is 2.38. The number of ether oxygens (including phenoxy) is 8. The van der Waals surface area contributed by atoms with Crippen molar-refractivity contribution in [1.82, 2.24) is 0 Å². The Labute approximate surface area is 237 Å². The molecule has 0 aromatic heterocycles. The number of hydrogen-bond donors (Lipinski definition) is 1. The second kappa shape index (κ2) is 22.3. The van der Waals surface area contributed by atoms with Gasteiger partial charge in [0.1, 0.15) is 20.4 Å². The molecule has 0 aromatic carbocycles.